The van der Waals surface area contributed by atoms with Gasteiger partial charge in [-0.25, -0.2) is 4.39 Å². The second-order valence-electron chi connectivity index (χ2n) is 5.74. The number of hydrogen-bond acceptors (Lipinski definition) is 3. The average molecular weight is 294 g/mol. The molecule has 21 heavy (non-hydrogen) atoms. The zero-order valence-corrected chi connectivity index (χ0v) is 12.5. The second-order valence-corrected chi connectivity index (χ2v) is 5.74. The molecule has 1 aromatic rings. The molecule has 0 bridgehead atoms. The maximum absolute atomic E-state index is 13.2. The van der Waals surface area contributed by atoms with Crippen LogP contribution in [0.3, 0.4) is 0 Å². The first-order valence-corrected chi connectivity index (χ1v) is 7.47. The van der Waals surface area contributed by atoms with Crippen LogP contribution in [0.25, 0.3) is 0 Å². The van der Waals surface area contributed by atoms with Gasteiger partial charge in [0.1, 0.15) is 5.82 Å². The van der Waals surface area contributed by atoms with Crippen LogP contribution in [0.4, 0.5) is 4.39 Å². The Hall–Kier alpha value is -1.46. The number of rotatable bonds is 5. The summed E-state index contributed by atoms with van der Waals surface area (Å²) in [6, 6.07) is 7.08. The van der Waals surface area contributed by atoms with E-state index in [1.807, 2.05) is 11.0 Å². The van der Waals surface area contributed by atoms with Crippen molar-refractivity contribution in [1.82, 2.24) is 9.80 Å². The first-order valence-electron chi connectivity index (χ1n) is 7.47. The monoisotopic (exact) mass is 294 g/mol. The summed E-state index contributed by atoms with van der Waals surface area (Å²) in [4.78, 5) is 15.1. The molecule has 1 saturated heterocycles. The van der Waals surface area contributed by atoms with E-state index in [1.54, 1.807) is 12.1 Å². The fourth-order valence-corrected chi connectivity index (χ4v) is 2.92. The van der Waals surface area contributed by atoms with Gasteiger partial charge in [0.15, 0.2) is 0 Å². The van der Waals surface area contributed by atoms with Crippen LogP contribution in [0.1, 0.15) is 18.9 Å². The van der Waals surface area contributed by atoms with Gasteiger partial charge < -0.3 is 5.11 Å². The third kappa shape index (κ3) is 5.10. The van der Waals surface area contributed by atoms with Crippen LogP contribution in [-0.4, -0.2) is 59.6 Å². The Morgan fingerprint density at radius 2 is 2.14 bits per heavy atom. The van der Waals surface area contributed by atoms with E-state index in [-0.39, 0.29) is 12.4 Å². The smallest absolute Gasteiger partial charge is 0.317 e. The van der Waals surface area contributed by atoms with Crippen LogP contribution in [0, 0.1) is 5.82 Å². The molecular formula is C16H23FN2O2. The standard InChI is InChI=1S/C16H23FN2O2/c1-13(10-14-4-2-5-15(17)11-14)19-7-3-6-18(8-9-19)12-16(20)21/h2,4-5,11,13H,3,6-10,12H2,1H3,(H,20,21). The van der Waals surface area contributed by atoms with Gasteiger partial charge in [-0.2, -0.15) is 0 Å². The summed E-state index contributed by atoms with van der Waals surface area (Å²) in [5.41, 5.74) is 1.01. The van der Waals surface area contributed by atoms with Crippen LogP contribution in [0.15, 0.2) is 24.3 Å². The summed E-state index contributed by atoms with van der Waals surface area (Å²) in [6.45, 7) is 5.70. The molecule has 0 aliphatic carbocycles. The van der Waals surface area contributed by atoms with Gasteiger partial charge in [-0.1, -0.05) is 12.1 Å². The highest BCUT2D eigenvalue weighted by Crippen LogP contribution is 2.13. The minimum absolute atomic E-state index is 0.117. The highest BCUT2D eigenvalue weighted by Gasteiger charge is 2.20. The van der Waals surface area contributed by atoms with E-state index in [0.29, 0.717) is 6.04 Å². The maximum Gasteiger partial charge on any atom is 0.317 e. The third-order valence-corrected chi connectivity index (χ3v) is 4.03. The van der Waals surface area contributed by atoms with E-state index in [0.717, 1.165) is 44.6 Å². The van der Waals surface area contributed by atoms with Crippen LogP contribution in [0.2, 0.25) is 0 Å². The van der Waals surface area contributed by atoms with Crippen molar-refractivity contribution in [2.24, 2.45) is 0 Å². The second kappa shape index (κ2) is 7.52. The minimum atomic E-state index is -0.767. The van der Waals surface area contributed by atoms with Gasteiger partial charge >= 0.3 is 5.97 Å². The fourth-order valence-electron chi connectivity index (χ4n) is 2.92. The maximum atomic E-state index is 13.2. The average Bonchev–Trinajstić information content (AvgIpc) is 2.63. The van der Waals surface area contributed by atoms with Crippen molar-refractivity contribution in [3.63, 3.8) is 0 Å². The lowest BCUT2D eigenvalue weighted by atomic mass is 10.1. The van der Waals surface area contributed by atoms with E-state index in [1.165, 1.54) is 6.07 Å². The Bertz CT molecular complexity index is 481. The lowest BCUT2D eigenvalue weighted by Crippen LogP contribution is -2.38. The van der Waals surface area contributed by atoms with Gasteiger partial charge in [-0.3, -0.25) is 14.6 Å². The van der Waals surface area contributed by atoms with Crippen molar-refractivity contribution in [3.05, 3.63) is 35.6 Å². The number of aliphatic carboxylic acids is 1. The number of nitrogens with zero attached hydrogens (tertiary/aromatic N) is 2. The lowest BCUT2D eigenvalue weighted by molar-refractivity contribution is -0.138. The fraction of sp³-hybridized carbons (Fsp3) is 0.562. The highest BCUT2D eigenvalue weighted by atomic mass is 19.1. The molecule has 1 aromatic carbocycles. The number of carbonyl (C=O) groups is 1. The lowest BCUT2D eigenvalue weighted by Gasteiger charge is -2.27. The third-order valence-electron chi connectivity index (χ3n) is 4.03. The van der Waals surface area contributed by atoms with Crippen LogP contribution in [-0.2, 0) is 11.2 Å². The Labute approximate surface area is 125 Å². The van der Waals surface area contributed by atoms with Gasteiger partial charge in [-0.15, -0.1) is 0 Å². The Kier molecular flexibility index (Phi) is 5.70. The number of halogens is 1. The number of benzene rings is 1. The van der Waals surface area contributed by atoms with E-state index in [4.69, 9.17) is 5.11 Å². The van der Waals surface area contributed by atoms with Gasteiger partial charge in [0.2, 0.25) is 0 Å². The topological polar surface area (TPSA) is 43.8 Å². The molecule has 1 unspecified atom stereocenters. The molecule has 1 atom stereocenters. The summed E-state index contributed by atoms with van der Waals surface area (Å²) >= 11 is 0. The van der Waals surface area contributed by atoms with Crippen molar-refractivity contribution in [1.29, 1.82) is 0 Å². The Morgan fingerprint density at radius 1 is 1.33 bits per heavy atom. The quantitative estimate of drug-likeness (QED) is 0.900. The van der Waals surface area contributed by atoms with Gasteiger partial charge in [0.25, 0.3) is 0 Å². The first kappa shape index (κ1) is 15.9. The van der Waals surface area contributed by atoms with E-state index < -0.39 is 5.97 Å². The Balaban J connectivity index is 1.88. The zero-order valence-electron chi connectivity index (χ0n) is 12.5. The Morgan fingerprint density at radius 3 is 2.86 bits per heavy atom. The predicted molar refractivity (Wildman–Crippen MR) is 79.8 cm³/mol. The summed E-state index contributed by atoms with van der Waals surface area (Å²) in [6.07, 6.45) is 1.79. The largest absolute Gasteiger partial charge is 0.480 e. The molecule has 2 rings (SSSR count). The SMILES string of the molecule is CC(Cc1cccc(F)c1)N1CCCN(CC(=O)O)CC1. The normalized spacial score (nSPS) is 19.1. The molecule has 0 radical (unpaired) electrons. The van der Waals surface area contributed by atoms with Crippen LogP contribution < -0.4 is 0 Å². The molecule has 1 N–H and O–H groups in total. The molecule has 0 spiro atoms. The molecule has 1 heterocycles. The molecule has 116 valence electrons. The number of carboxylic acids is 1. The van der Waals surface area contributed by atoms with Crippen molar-refractivity contribution in [2.45, 2.75) is 25.8 Å². The van der Waals surface area contributed by atoms with E-state index >= 15 is 0 Å². The van der Waals surface area contributed by atoms with Crippen LogP contribution >= 0.6 is 0 Å². The molecular weight excluding hydrogens is 271 g/mol. The summed E-state index contributed by atoms with van der Waals surface area (Å²) in [5, 5.41) is 8.86. The summed E-state index contributed by atoms with van der Waals surface area (Å²) < 4.78 is 13.2. The van der Waals surface area contributed by atoms with Crippen molar-refractivity contribution < 1.29 is 14.3 Å². The zero-order chi connectivity index (χ0) is 15.2. The summed E-state index contributed by atoms with van der Waals surface area (Å²) in [5.74, 6) is -0.959. The number of carboxylic acid groups (broad SMARTS) is 1. The van der Waals surface area contributed by atoms with E-state index in [2.05, 4.69) is 11.8 Å². The van der Waals surface area contributed by atoms with Crippen LogP contribution in [0.5, 0.6) is 0 Å². The molecule has 4 nitrogen and oxygen atoms in total. The van der Waals surface area contributed by atoms with Gasteiger partial charge in [0.05, 0.1) is 6.54 Å². The van der Waals surface area contributed by atoms with Crippen molar-refractivity contribution >= 4 is 5.97 Å². The highest BCUT2D eigenvalue weighted by molar-refractivity contribution is 5.69. The first-order chi connectivity index (χ1) is 10.0. The molecule has 1 fully saturated rings. The van der Waals surface area contributed by atoms with Crippen molar-refractivity contribution in [3.8, 4) is 0 Å². The van der Waals surface area contributed by atoms with E-state index in [9.17, 15) is 9.18 Å². The predicted octanol–water partition coefficient (Wildman–Crippen LogP) is 1.85. The minimum Gasteiger partial charge on any atom is -0.480 e. The molecule has 0 amide bonds. The molecule has 1 aliphatic heterocycles. The van der Waals surface area contributed by atoms with Gasteiger partial charge in [-0.05, 0) is 44.0 Å². The molecule has 5 heteroatoms. The molecule has 0 saturated carbocycles. The van der Waals surface area contributed by atoms with Gasteiger partial charge in [0, 0.05) is 25.7 Å². The number of hydrogen-bond donors (Lipinski definition) is 1. The molecule has 0 aromatic heterocycles. The van der Waals surface area contributed by atoms with Crippen molar-refractivity contribution in [2.75, 3.05) is 32.7 Å². The summed E-state index contributed by atoms with van der Waals surface area (Å²) in [7, 11) is 0. The molecule has 1 aliphatic rings.